The van der Waals surface area contributed by atoms with E-state index in [9.17, 15) is 0 Å². The fourth-order valence-corrected chi connectivity index (χ4v) is 3.94. The van der Waals surface area contributed by atoms with Crippen molar-refractivity contribution in [2.24, 2.45) is 11.5 Å². The summed E-state index contributed by atoms with van der Waals surface area (Å²) in [6, 6.07) is 1.17. The van der Waals surface area contributed by atoms with Crippen LogP contribution in [0, 0.1) is 0 Å². The Morgan fingerprint density at radius 2 is 1.71 bits per heavy atom. The molecule has 0 radical (unpaired) electrons. The molecule has 0 rings (SSSR count). The molecule has 1 unspecified atom stereocenters. The Morgan fingerprint density at radius 3 is 2.14 bits per heavy atom. The van der Waals surface area contributed by atoms with E-state index in [1.54, 1.807) is 0 Å². The molecule has 3 nitrogen and oxygen atoms in total. The monoisotopic (exact) mass is 218 g/mol. The van der Waals surface area contributed by atoms with Crippen molar-refractivity contribution in [3.8, 4) is 0 Å². The summed E-state index contributed by atoms with van der Waals surface area (Å²) in [5.74, 6) is 0. The minimum absolute atomic E-state index is 0.659. The summed E-state index contributed by atoms with van der Waals surface area (Å²) < 4.78 is 6.04. The van der Waals surface area contributed by atoms with Crippen LogP contribution in [0.5, 0.6) is 0 Å². The Hall–Kier alpha value is 0.0969. The predicted octanol–water partition coefficient (Wildman–Crippen LogP) is 1.69. The van der Waals surface area contributed by atoms with E-state index in [0.717, 1.165) is 32.5 Å². The van der Waals surface area contributed by atoms with Gasteiger partial charge in [0.25, 0.3) is 0 Å². The van der Waals surface area contributed by atoms with Gasteiger partial charge in [0.1, 0.15) is 0 Å². The van der Waals surface area contributed by atoms with Crippen LogP contribution in [0.2, 0.25) is 18.1 Å². The van der Waals surface area contributed by atoms with Crippen molar-refractivity contribution in [2.75, 3.05) is 19.7 Å². The third-order valence-corrected chi connectivity index (χ3v) is 7.53. The first kappa shape index (κ1) is 14.1. The second kappa shape index (κ2) is 7.40. The Balaban J connectivity index is 3.96. The SMILES string of the molecule is CC(C)[Si](C)(CCCN)OCCCN. The molecule has 0 aliphatic heterocycles. The van der Waals surface area contributed by atoms with Crippen LogP contribution in [0.3, 0.4) is 0 Å². The van der Waals surface area contributed by atoms with Gasteiger partial charge in [-0.05, 0) is 44.1 Å². The summed E-state index contributed by atoms with van der Waals surface area (Å²) in [6.07, 6.45) is 2.06. The van der Waals surface area contributed by atoms with Crippen LogP contribution in [0.25, 0.3) is 0 Å². The lowest BCUT2D eigenvalue weighted by atomic mass is 10.5. The van der Waals surface area contributed by atoms with Crippen molar-refractivity contribution in [1.82, 2.24) is 0 Å². The van der Waals surface area contributed by atoms with Gasteiger partial charge in [-0.2, -0.15) is 0 Å². The first-order chi connectivity index (χ1) is 6.56. The highest BCUT2D eigenvalue weighted by molar-refractivity contribution is 6.73. The van der Waals surface area contributed by atoms with Gasteiger partial charge in [-0.1, -0.05) is 13.8 Å². The highest BCUT2D eigenvalue weighted by Crippen LogP contribution is 2.27. The largest absolute Gasteiger partial charge is 0.417 e. The maximum absolute atomic E-state index is 6.04. The smallest absolute Gasteiger partial charge is 0.192 e. The average Bonchev–Trinajstić information content (AvgIpc) is 2.15. The maximum Gasteiger partial charge on any atom is 0.192 e. The minimum Gasteiger partial charge on any atom is -0.417 e. The number of rotatable bonds is 8. The summed E-state index contributed by atoms with van der Waals surface area (Å²) >= 11 is 0. The van der Waals surface area contributed by atoms with E-state index in [2.05, 4.69) is 20.4 Å². The first-order valence-electron chi connectivity index (χ1n) is 5.61. The van der Waals surface area contributed by atoms with Crippen LogP contribution in [0.4, 0.5) is 0 Å². The lowest BCUT2D eigenvalue weighted by Gasteiger charge is -2.31. The lowest BCUT2D eigenvalue weighted by Crippen LogP contribution is -2.39. The first-order valence-corrected chi connectivity index (χ1v) is 8.30. The molecule has 0 aromatic rings. The molecule has 0 amide bonds. The van der Waals surface area contributed by atoms with Gasteiger partial charge in [0.2, 0.25) is 0 Å². The molecule has 0 fully saturated rings. The van der Waals surface area contributed by atoms with Gasteiger partial charge in [-0.25, -0.2) is 0 Å². The summed E-state index contributed by atoms with van der Waals surface area (Å²) in [4.78, 5) is 0. The lowest BCUT2D eigenvalue weighted by molar-refractivity contribution is 0.291. The average molecular weight is 218 g/mol. The van der Waals surface area contributed by atoms with Gasteiger partial charge in [0.15, 0.2) is 8.32 Å². The van der Waals surface area contributed by atoms with E-state index in [1.807, 2.05) is 0 Å². The zero-order valence-electron chi connectivity index (χ0n) is 9.88. The number of hydrogen-bond donors (Lipinski definition) is 2. The molecule has 4 heteroatoms. The molecule has 0 heterocycles. The standard InChI is InChI=1S/C10H26N2OSi/c1-10(2)14(3,9-5-7-12)13-8-4-6-11/h10H,4-9,11-12H2,1-3H3. The van der Waals surface area contributed by atoms with E-state index >= 15 is 0 Å². The molecule has 0 saturated carbocycles. The quantitative estimate of drug-likeness (QED) is 0.481. The number of hydrogen-bond acceptors (Lipinski definition) is 3. The van der Waals surface area contributed by atoms with Gasteiger partial charge < -0.3 is 15.9 Å². The molecule has 4 N–H and O–H groups in total. The van der Waals surface area contributed by atoms with Crippen LogP contribution in [0.1, 0.15) is 26.7 Å². The van der Waals surface area contributed by atoms with E-state index in [-0.39, 0.29) is 0 Å². The van der Waals surface area contributed by atoms with Crippen molar-refractivity contribution < 1.29 is 4.43 Å². The third kappa shape index (κ3) is 5.10. The molecule has 0 saturated heterocycles. The Labute approximate surface area is 89.3 Å². The fraction of sp³-hybridized carbons (Fsp3) is 1.00. The zero-order chi connectivity index (χ0) is 11.0. The molecule has 0 aliphatic rings. The van der Waals surface area contributed by atoms with Crippen LogP contribution in [-0.2, 0) is 4.43 Å². The van der Waals surface area contributed by atoms with E-state index in [1.165, 1.54) is 6.04 Å². The molecular weight excluding hydrogens is 192 g/mol. The molecule has 86 valence electrons. The molecule has 0 bridgehead atoms. The zero-order valence-corrected chi connectivity index (χ0v) is 10.9. The molecular formula is C10H26N2OSi. The van der Waals surface area contributed by atoms with Crippen molar-refractivity contribution in [3.63, 3.8) is 0 Å². The Kier molecular flexibility index (Phi) is 7.45. The highest BCUT2D eigenvalue weighted by Gasteiger charge is 2.31. The Bertz CT molecular complexity index is 144. The third-order valence-electron chi connectivity index (χ3n) is 2.88. The minimum atomic E-state index is -1.52. The van der Waals surface area contributed by atoms with Gasteiger partial charge in [0, 0.05) is 6.61 Å². The molecule has 0 aromatic heterocycles. The van der Waals surface area contributed by atoms with E-state index < -0.39 is 8.32 Å². The second-order valence-electron chi connectivity index (χ2n) is 4.35. The molecule has 0 aromatic carbocycles. The summed E-state index contributed by atoms with van der Waals surface area (Å²) in [5, 5.41) is 0. The van der Waals surface area contributed by atoms with Crippen molar-refractivity contribution in [1.29, 1.82) is 0 Å². The summed E-state index contributed by atoms with van der Waals surface area (Å²) in [7, 11) is -1.52. The molecule has 0 spiro atoms. The van der Waals surface area contributed by atoms with Crippen molar-refractivity contribution in [3.05, 3.63) is 0 Å². The van der Waals surface area contributed by atoms with Crippen LogP contribution >= 0.6 is 0 Å². The molecule has 1 atom stereocenters. The highest BCUT2D eigenvalue weighted by atomic mass is 28.4. The van der Waals surface area contributed by atoms with Crippen LogP contribution in [-0.4, -0.2) is 28.0 Å². The van der Waals surface area contributed by atoms with Gasteiger partial charge in [-0.15, -0.1) is 0 Å². The normalized spacial score (nSPS) is 15.9. The van der Waals surface area contributed by atoms with Crippen molar-refractivity contribution >= 4 is 8.32 Å². The topological polar surface area (TPSA) is 61.3 Å². The van der Waals surface area contributed by atoms with Gasteiger partial charge in [-0.3, -0.25) is 0 Å². The summed E-state index contributed by atoms with van der Waals surface area (Å²) in [5.41, 5.74) is 11.6. The number of nitrogens with two attached hydrogens (primary N) is 2. The molecule has 14 heavy (non-hydrogen) atoms. The summed E-state index contributed by atoms with van der Waals surface area (Å²) in [6.45, 7) is 9.14. The van der Waals surface area contributed by atoms with E-state index in [0.29, 0.717) is 5.54 Å². The fourth-order valence-electron chi connectivity index (χ4n) is 1.37. The van der Waals surface area contributed by atoms with Crippen LogP contribution < -0.4 is 11.5 Å². The predicted molar refractivity (Wildman–Crippen MR) is 64.8 cm³/mol. The van der Waals surface area contributed by atoms with Crippen LogP contribution in [0.15, 0.2) is 0 Å². The van der Waals surface area contributed by atoms with Gasteiger partial charge in [0.05, 0.1) is 0 Å². The van der Waals surface area contributed by atoms with E-state index in [4.69, 9.17) is 15.9 Å². The van der Waals surface area contributed by atoms with Gasteiger partial charge >= 0.3 is 0 Å². The second-order valence-corrected chi connectivity index (χ2v) is 8.92. The maximum atomic E-state index is 6.04. The molecule has 0 aliphatic carbocycles. The van der Waals surface area contributed by atoms with Crippen molar-refractivity contribution in [2.45, 2.75) is 44.8 Å². The Morgan fingerprint density at radius 1 is 1.14 bits per heavy atom.